The molecule has 36 heavy (non-hydrogen) atoms. The third-order valence-corrected chi connectivity index (χ3v) is 7.49. The molecular formula is C27H33N5O4. The Hall–Kier alpha value is -3.46. The first-order chi connectivity index (χ1) is 17.5. The van der Waals surface area contributed by atoms with E-state index < -0.39 is 0 Å². The molecule has 0 unspecified atom stereocenters. The van der Waals surface area contributed by atoms with Crippen molar-refractivity contribution in [1.82, 2.24) is 25.2 Å². The molecule has 1 spiro atoms. The summed E-state index contributed by atoms with van der Waals surface area (Å²) in [7, 11) is 1.79. The van der Waals surface area contributed by atoms with Crippen LogP contribution in [0.2, 0.25) is 0 Å². The van der Waals surface area contributed by atoms with Crippen molar-refractivity contribution >= 4 is 22.8 Å². The number of piperidine rings is 1. The SMILES string of the molecule is CN1CCOCCCCC2(CCN(C(=O)c3ccc4n[nH]nc4c3)CC2)COc2ccccc2C1=O. The van der Waals surface area contributed by atoms with Gasteiger partial charge in [-0.1, -0.05) is 18.6 Å². The molecule has 1 fully saturated rings. The molecule has 1 N–H and O–H groups in total. The predicted molar refractivity (Wildman–Crippen MR) is 135 cm³/mol. The lowest BCUT2D eigenvalue weighted by Gasteiger charge is -2.42. The van der Waals surface area contributed by atoms with Gasteiger partial charge in [0.15, 0.2) is 0 Å². The van der Waals surface area contributed by atoms with Crippen LogP contribution in [0.5, 0.6) is 5.75 Å². The van der Waals surface area contributed by atoms with E-state index in [0.29, 0.717) is 61.8 Å². The number of hydrogen-bond donors (Lipinski definition) is 1. The van der Waals surface area contributed by atoms with Gasteiger partial charge in [0.1, 0.15) is 16.8 Å². The summed E-state index contributed by atoms with van der Waals surface area (Å²) in [6.45, 7) is 3.61. The largest absolute Gasteiger partial charge is 0.492 e. The number of aromatic nitrogens is 3. The number of carbonyl (C=O) groups excluding carboxylic acids is 2. The Bertz CT molecular complexity index is 1220. The maximum atomic E-state index is 13.2. The molecule has 3 aromatic rings. The molecule has 1 aromatic heterocycles. The number of para-hydroxylation sites is 1. The van der Waals surface area contributed by atoms with E-state index in [-0.39, 0.29) is 17.2 Å². The van der Waals surface area contributed by atoms with Crippen molar-refractivity contribution < 1.29 is 19.1 Å². The third kappa shape index (κ3) is 5.21. The number of hydrogen-bond acceptors (Lipinski definition) is 6. The molecule has 190 valence electrons. The third-order valence-electron chi connectivity index (χ3n) is 7.49. The van der Waals surface area contributed by atoms with E-state index in [1.165, 1.54) is 0 Å². The second-order valence-electron chi connectivity index (χ2n) is 9.90. The van der Waals surface area contributed by atoms with Crippen LogP contribution in [0.1, 0.15) is 52.8 Å². The molecule has 2 aromatic carbocycles. The first-order valence-electron chi connectivity index (χ1n) is 12.7. The zero-order valence-corrected chi connectivity index (χ0v) is 20.7. The van der Waals surface area contributed by atoms with E-state index in [0.717, 1.165) is 37.6 Å². The van der Waals surface area contributed by atoms with Crippen molar-refractivity contribution in [3.05, 3.63) is 53.6 Å². The Morgan fingerprint density at radius 2 is 1.78 bits per heavy atom. The molecular weight excluding hydrogens is 458 g/mol. The fraction of sp³-hybridized carbons (Fsp3) is 0.481. The van der Waals surface area contributed by atoms with Crippen molar-refractivity contribution in [3.63, 3.8) is 0 Å². The van der Waals surface area contributed by atoms with E-state index in [1.54, 1.807) is 18.0 Å². The summed E-state index contributed by atoms with van der Waals surface area (Å²) in [5.74, 6) is 0.569. The van der Waals surface area contributed by atoms with Gasteiger partial charge in [0, 0.05) is 44.3 Å². The lowest BCUT2D eigenvalue weighted by molar-refractivity contribution is 0.0329. The van der Waals surface area contributed by atoms with Crippen molar-refractivity contribution in [2.24, 2.45) is 5.41 Å². The second-order valence-corrected chi connectivity index (χ2v) is 9.90. The number of H-pyrrole nitrogens is 1. The highest BCUT2D eigenvalue weighted by atomic mass is 16.5. The highest BCUT2D eigenvalue weighted by Crippen LogP contribution is 2.38. The Morgan fingerprint density at radius 3 is 2.64 bits per heavy atom. The highest BCUT2D eigenvalue weighted by molar-refractivity contribution is 5.97. The summed E-state index contributed by atoms with van der Waals surface area (Å²) in [6, 6.07) is 12.9. The van der Waals surface area contributed by atoms with Crippen LogP contribution in [0.15, 0.2) is 42.5 Å². The number of rotatable bonds is 1. The average Bonchev–Trinajstić information content (AvgIpc) is 3.39. The molecule has 5 rings (SSSR count). The van der Waals surface area contributed by atoms with Gasteiger partial charge in [0.25, 0.3) is 11.8 Å². The molecule has 2 aliphatic rings. The van der Waals surface area contributed by atoms with E-state index in [4.69, 9.17) is 9.47 Å². The topological polar surface area (TPSA) is 101 Å². The number of amides is 2. The second kappa shape index (κ2) is 10.7. The van der Waals surface area contributed by atoms with Crippen LogP contribution >= 0.6 is 0 Å². The minimum Gasteiger partial charge on any atom is -0.492 e. The molecule has 2 amide bonds. The molecule has 0 aliphatic carbocycles. The van der Waals surface area contributed by atoms with E-state index in [2.05, 4.69) is 15.4 Å². The first kappa shape index (κ1) is 24.2. The van der Waals surface area contributed by atoms with Crippen LogP contribution in [-0.2, 0) is 4.74 Å². The highest BCUT2D eigenvalue weighted by Gasteiger charge is 2.37. The van der Waals surface area contributed by atoms with Crippen molar-refractivity contribution in [3.8, 4) is 5.75 Å². The standard InChI is InChI=1S/C27H33N5O4/c1-31-15-17-35-16-5-4-10-27(19-36-24-7-3-2-6-21(24)26(31)34)11-13-32(14-12-27)25(33)20-8-9-22-23(18-20)29-30-28-22/h2-3,6-9,18H,4-5,10-17,19H2,1H3,(H,28,29,30). The number of benzene rings is 2. The van der Waals surface area contributed by atoms with Gasteiger partial charge >= 0.3 is 0 Å². The lowest BCUT2D eigenvalue weighted by Crippen LogP contribution is -2.45. The summed E-state index contributed by atoms with van der Waals surface area (Å²) < 4.78 is 12.2. The molecule has 0 bridgehead atoms. The molecule has 0 saturated carbocycles. The minimum atomic E-state index is -0.0650. The van der Waals surface area contributed by atoms with Crippen molar-refractivity contribution in [2.75, 3.05) is 46.5 Å². The molecule has 3 heterocycles. The van der Waals surface area contributed by atoms with Crippen molar-refractivity contribution in [1.29, 1.82) is 0 Å². The molecule has 1 saturated heterocycles. The number of fused-ring (bicyclic) bond motifs is 2. The molecule has 9 heteroatoms. The van der Waals surface area contributed by atoms with Crippen LogP contribution in [0.4, 0.5) is 0 Å². The minimum absolute atomic E-state index is 0.0175. The van der Waals surface area contributed by atoms with Crippen LogP contribution in [-0.4, -0.2) is 83.5 Å². The number of carbonyl (C=O) groups is 2. The van der Waals surface area contributed by atoms with Crippen LogP contribution in [0.25, 0.3) is 11.0 Å². The fourth-order valence-electron chi connectivity index (χ4n) is 5.12. The lowest BCUT2D eigenvalue weighted by atomic mass is 9.75. The number of nitrogens with one attached hydrogen (secondary N) is 1. The number of nitrogens with zero attached hydrogens (tertiary/aromatic N) is 4. The maximum absolute atomic E-state index is 13.2. The van der Waals surface area contributed by atoms with Gasteiger partial charge in [0.05, 0.1) is 18.8 Å². The maximum Gasteiger partial charge on any atom is 0.257 e. The predicted octanol–water partition coefficient (Wildman–Crippen LogP) is 3.53. The van der Waals surface area contributed by atoms with Gasteiger partial charge in [-0.05, 0) is 56.0 Å². The Labute approximate surface area is 210 Å². The summed E-state index contributed by atoms with van der Waals surface area (Å²) >= 11 is 0. The monoisotopic (exact) mass is 491 g/mol. The van der Waals surface area contributed by atoms with Gasteiger partial charge in [-0.25, -0.2) is 0 Å². The molecule has 0 radical (unpaired) electrons. The Kier molecular flexibility index (Phi) is 7.18. The number of aromatic amines is 1. The fourth-order valence-corrected chi connectivity index (χ4v) is 5.12. The molecule has 9 nitrogen and oxygen atoms in total. The van der Waals surface area contributed by atoms with Gasteiger partial charge in [-0.15, -0.1) is 0 Å². The number of ether oxygens (including phenoxy) is 2. The normalized spacial score (nSPS) is 19.5. The van der Waals surface area contributed by atoms with E-state index in [9.17, 15) is 9.59 Å². The number of likely N-dealkylation sites (tertiary alicyclic amines) is 1. The smallest absolute Gasteiger partial charge is 0.257 e. The first-order valence-corrected chi connectivity index (χ1v) is 12.7. The van der Waals surface area contributed by atoms with Gasteiger partial charge in [-0.2, -0.15) is 15.4 Å². The average molecular weight is 492 g/mol. The van der Waals surface area contributed by atoms with Gasteiger partial charge < -0.3 is 19.3 Å². The summed E-state index contributed by atoms with van der Waals surface area (Å²) in [4.78, 5) is 29.9. The Balaban J connectivity index is 1.30. The summed E-state index contributed by atoms with van der Waals surface area (Å²) in [6.07, 6.45) is 4.70. The van der Waals surface area contributed by atoms with E-state index in [1.807, 2.05) is 41.3 Å². The summed E-state index contributed by atoms with van der Waals surface area (Å²) in [5.41, 5.74) is 2.58. The van der Waals surface area contributed by atoms with Crippen LogP contribution in [0.3, 0.4) is 0 Å². The summed E-state index contributed by atoms with van der Waals surface area (Å²) in [5, 5.41) is 10.8. The molecule has 2 aliphatic heterocycles. The quantitative estimate of drug-likeness (QED) is 0.559. The number of likely N-dealkylation sites (N-methyl/N-ethyl adjacent to an activating group) is 1. The zero-order valence-electron chi connectivity index (χ0n) is 20.7. The van der Waals surface area contributed by atoms with Gasteiger partial charge in [0.2, 0.25) is 0 Å². The van der Waals surface area contributed by atoms with Gasteiger partial charge in [-0.3, -0.25) is 9.59 Å². The van der Waals surface area contributed by atoms with E-state index >= 15 is 0 Å². The Morgan fingerprint density at radius 1 is 0.972 bits per heavy atom. The van der Waals surface area contributed by atoms with Crippen LogP contribution in [0, 0.1) is 5.41 Å². The zero-order chi connectivity index (χ0) is 25.0. The van der Waals surface area contributed by atoms with Crippen molar-refractivity contribution in [2.45, 2.75) is 32.1 Å². The molecule has 0 atom stereocenters. The van der Waals surface area contributed by atoms with Crippen LogP contribution < -0.4 is 4.74 Å².